The van der Waals surface area contributed by atoms with Crippen LogP contribution in [0.4, 0.5) is 0 Å². The van der Waals surface area contributed by atoms with Crippen molar-refractivity contribution in [3.63, 3.8) is 0 Å². The summed E-state index contributed by atoms with van der Waals surface area (Å²) in [5.74, 6) is 0. The van der Waals surface area contributed by atoms with Gasteiger partial charge in [0.25, 0.3) is 0 Å². The Bertz CT molecular complexity index is 431. The smallest absolute Gasteiger partial charge is 0.336 e. The van der Waals surface area contributed by atoms with Crippen LogP contribution in [0.15, 0.2) is 45.6 Å². The molecule has 12 heavy (non-hydrogen) atoms. The maximum atomic E-state index is 10.7. The summed E-state index contributed by atoms with van der Waals surface area (Å²) in [6.07, 6.45) is 0. The number of hydrogen-bond donors (Lipinski definition) is 0. The van der Waals surface area contributed by atoms with Crippen molar-refractivity contribution in [2.75, 3.05) is 0 Å². The highest BCUT2D eigenvalue weighted by Crippen LogP contribution is 2.08. The lowest BCUT2D eigenvalue weighted by molar-refractivity contribution is 0.561. The van der Waals surface area contributed by atoms with E-state index in [9.17, 15) is 4.79 Å². The molecule has 1 heterocycles. The lowest BCUT2D eigenvalue weighted by Crippen LogP contribution is -1.93. The lowest BCUT2D eigenvalue weighted by atomic mass is 10.2. The summed E-state index contributed by atoms with van der Waals surface area (Å²) in [6, 6.07) is 10.6. The summed E-state index contributed by atoms with van der Waals surface area (Å²) in [5, 5.41) is 0.951. The number of benzene rings is 1. The van der Waals surface area contributed by atoms with Crippen LogP contribution in [0, 0.1) is 0 Å². The SMILES string of the molecule is O.O=c1ccc2ccccc2o1. The molecule has 0 fully saturated rings. The van der Waals surface area contributed by atoms with Gasteiger partial charge in [0.1, 0.15) is 5.58 Å². The third kappa shape index (κ3) is 1.35. The summed E-state index contributed by atoms with van der Waals surface area (Å²) in [4.78, 5) is 10.7. The minimum atomic E-state index is -0.302. The first-order chi connectivity index (χ1) is 5.36. The van der Waals surface area contributed by atoms with Gasteiger partial charge in [0.05, 0.1) is 0 Å². The van der Waals surface area contributed by atoms with Crippen molar-refractivity contribution < 1.29 is 9.89 Å². The molecule has 0 aliphatic rings. The van der Waals surface area contributed by atoms with Crippen molar-refractivity contribution in [2.45, 2.75) is 0 Å². The number of fused-ring (bicyclic) bond motifs is 1. The zero-order valence-electron chi connectivity index (χ0n) is 6.28. The number of hydrogen-bond acceptors (Lipinski definition) is 2. The Morgan fingerprint density at radius 3 is 2.58 bits per heavy atom. The maximum absolute atomic E-state index is 10.7. The highest BCUT2D eigenvalue weighted by molar-refractivity contribution is 5.75. The second kappa shape index (κ2) is 3.19. The van der Waals surface area contributed by atoms with Gasteiger partial charge >= 0.3 is 5.63 Å². The molecule has 0 spiro atoms. The van der Waals surface area contributed by atoms with E-state index in [2.05, 4.69) is 0 Å². The van der Waals surface area contributed by atoms with E-state index in [0.717, 1.165) is 5.39 Å². The van der Waals surface area contributed by atoms with Gasteiger partial charge in [0, 0.05) is 11.5 Å². The average molecular weight is 164 g/mol. The van der Waals surface area contributed by atoms with Crippen LogP contribution in [-0.2, 0) is 0 Å². The molecule has 2 rings (SSSR count). The summed E-state index contributed by atoms with van der Waals surface area (Å²) in [5.41, 5.74) is 0.337. The second-order valence-corrected chi connectivity index (χ2v) is 2.29. The second-order valence-electron chi connectivity index (χ2n) is 2.29. The third-order valence-corrected chi connectivity index (χ3v) is 1.53. The van der Waals surface area contributed by atoms with E-state index in [-0.39, 0.29) is 11.1 Å². The van der Waals surface area contributed by atoms with Gasteiger partial charge in [-0.15, -0.1) is 0 Å². The minimum absolute atomic E-state index is 0. The third-order valence-electron chi connectivity index (χ3n) is 1.53. The first kappa shape index (κ1) is 8.49. The molecular weight excluding hydrogens is 156 g/mol. The van der Waals surface area contributed by atoms with Crippen LogP contribution < -0.4 is 5.63 Å². The van der Waals surface area contributed by atoms with Gasteiger partial charge in [-0.1, -0.05) is 18.2 Å². The Morgan fingerprint density at radius 2 is 1.75 bits per heavy atom. The van der Waals surface area contributed by atoms with Gasteiger partial charge in [-0.05, 0) is 12.1 Å². The monoisotopic (exact) mass is 164 g/mol. The molecule has 0 aliphatic carbocycles. The summed E-state index contributed by atoms with van der Waals surface area (Å²) >= 11 is 0. The summed E-state index contributed by atoms with van der Waals surface area (Å²) < 4.78 is 4.91. The fourth-order valence-electron chi connectivity index (χ4n) is 1.01. The Kier molecular flexibility index (Phi) is 2.26. The van der Waals surface area contributed by atoms with Crippen molar-refractivity contribution >= 4 is 11.0 Å². The van der Waals surface area contributed by atoms with E-state index in [1.54, 1.807) is 12.1 Å². The van der Waals surface area contributed by atoms with Gasteiger partial charge in [-0.2, -0.15) is 0 Å². The maximum Gasteiger partial charge on any atom is 0.336 e. The van der Waals surface area contributed by atoms with Crippen LogP contribution in [0.5, 0.6) is 0 Å². The molecule has 0 saturated carbocycles. The van der Waals surface area contributed by atoms with Crippen LogP contribution in [-0.4, -0.2) is 5.48 Å². The molecule has 0 atom stereocenters. The Labute approximate surface area is 68.6 Å². The van der Waals surface area contributed by atoms with Gasteiger partial charge in [-0.3, -0.25) is 0 Å². The average Bonchev–Trinajstić information content (AvgIpc) is 2.04. The molecule has 1 aromatic carbocycles. The molecule has 0 aliphatic heterocycles. The minimum Gasteiger partial charge on any atom is -0.423 e. The van der Waals surface area contributed by atoms with E-state index < -0.39 is 0 Å². The molecule has 0 amide bonds. The fraction of sp³-hybridized carbons (Fsp3) is 0. The van der Waals surface area contributed by atoms with Gasteiger partial charge < -0.3 is 9.89 Å². The molecule has 0 radical (unpaired) electrons. The van der Waals surface area contributed by atoms with Crippen LogP contribution >= 0.6 is 0 Å². The summed E-state index contributed by atoms with van der Waals surface area (Å²) in [6.45, 7) is 0. The van der Waals surface area contributed by atoms with Crippen molar-refractivity contribution in [3.8, 4) is 0 Å². The fourth-order valence-corrected chi connectivity index (χ4v) is 1.01. The van der Waals surface area contributed by atoms with Gasteiger partial charge in [0.2, 0.25) is 0 Å². The van der Waals surface area contributed by atoms with Crippen LogP contribution in [0.3, 0.4) is 0 Å². The molecule has 2 N–H and O–H groups in total. The Morgan fingerprint density at radius 1 is 1.00 bits per heavy atom. The van der Waals surface area contributed by atoms with E-state index >= 15 is 0 Å². The zero-order chi connectivity index (χ0) is 7.68. The largest absolute Gasteiger partial charge is 0.423 e. The first-order valence-electron chi connectivity index (χ1n) is 3.35. The van der Waals surface area contributed by atoms with Crippen molar-refractivity contribution in [1.29, 1.82) is 0 Å². The first-order valence-corrected chi connectivity index (χ1v) is 3.35. The normalized spacial score (nSPS) is 9.33. The highest BCUT2D eigenvalue weighted by atomic mass is 16.4. The quantitative estimate of drug-likeness (QED) is 0.544. The number of para-hydroxylation sites is 1. The predicted molar refractivity (Wildman–Crippen MR) is 46.1 cm³/mol. The van der Waals surface area contributed by atoms with Crippen LogP contribution in [0.1, 0.15) is 0 Å². The van der Waals surface area contributed by atoms with Crippen molar-refractivity contribution in [2.24, 2.45) is 0 Å². The lowest BCUT2D eigenvalue weighted by Gasteiger charge is -1.91. The zero-order valence-corrected chi connectivity index (χ0v) is 6.28. The Hall–Kier alpha value is -1.61. The molecule has 1 aromatic heterocycles. The molecular formula is C9H8O3. The van der Waals surface area contributed by atoms with Crippen molar-refractivity contribution in [1.82, 2.24) is 0 Å². The van der Waals surface area contributed by atoms with E-state index in [1.165, 1.54) is 6.07 Å². The molecule has 3 nitrogen and oxygen atoms in total. The predicted octanol–water partition coefficient (Wildman–Crippen LogP) is 0.968. The molecule has 0 bridgehead atoms. The standard InChI is InChI=1S/C9H6O2.H2O/c10-9-6-5-7-3-1-2-4-8(7)11-9;/h1-6H;1H2. The van der Waals surface area contributed by atoms with Crippen LogP contribution in [0.2, 0.25) is 0 Å². The molecule has 3 heteroatoms. The van der Waals surface area contributed by atoms with E-state index in [0.29, 0.717) is 5.58 Å². The molecule has 62 valence electrons. The van der Waals surface area contributed by atoms with E-state index in [4.69, 9.17) is 4.42 Å². The summed E-state index contributed by atoms with van der Waals surface area (Å²) in [7, 11) is 0. The molecule has 0 unspecified atom stereocenters. The Balaban J connectivity index is 0.000000720. The topological polar surface area (TPSA) is 61.7 Å². The molecule has 2 aromatic rings. The highest BCUT2D eigenvalue weighted by Gasteiger charge is 1.92. The van der Waals surface area contributed by atoms with Crippen molar-refractivity contribution in [3.05, 3.63) is 46.8 Å². The van der Waals surface area contributed by atoms with Crippen LogP contribution in [0.25, 0.3) is 11.0 Å². The van der Waals surface area contributed by atoms with Gasteiger partial charge in [0.15, 0.2) is 0 Å². The number of rotatable bonds is 0. The molecule has 0 saturated heterocycles. The van der Waals surface area contributed by atoms with E-state index in [1.807, 2.05) is 18.2 Å². The van der Waals surface area contributed by atoms with Gasteiger partial charge in [-0.25, -0.2) is 4.79 Å².